The molecule has 1 aromatic carbocycles. The first-order chi connectivity index (χ1) is 7.56. The SMILES string of the molecule is Cc1ccccc1C(SC(C)CO)C(C)N. The van der Waals surface area contributed by atoms with E-state index in [1.165, 1.54) is 11.1 Å². The van der Waals surface area contributed by atoms with E-state index >= 15 is 0 Å². The zero-order valence-electron chi connectivity index (χ0n) is 10.2. The summed E-state index contributed by atoms with van der Waals surface area (Å²) < 4.78 is 0. The molecule has 0 heterocycles. The van der Waals surface area contributed by atoms with Crippen LogP contribution in [0.5, 0.6) is 0 Å². The van der Waals surface area contributed by atoms with Gasteiger partial charge in [0.25, 0.3) is 0 Å². The molecular formula is C13H21NOS. The van der Waals surface area contributed by atoms with Crippen LogP contribution in [-0.2, 0) is 0 Å². The number of aliphatic hydroxyl groups excluding tert-OH is 1. The average Bonchev–Trinajstić information content (AvgIpc) is 2.26. The molecule has 0 aliphatic carbocycles. The minimum atomic E-state index is 0.0834. The van der Waals surface area contributed by atoms with Crippen molar-refractivity contribution in [3.63, 3.8) is 0 Å². The number of benzene rings is 1. The first kappa shape index (κ1) is 13.6. The molecule has 0 aromatic heterocycles. The maximum Gasteiger partial charge on any atom is 0.0547 e. The summed E-state index contributed by atoms with van der Waals surface area (Å²) in [7, 11) is 0. The Kier molecular flexibility index (Phi) is 5.32. The molecule has 3 N–H and O–H groups in total. The number of aryl methyl sites for hydroxylation is 1. The molecule has 1 aromatic rings. The summed E-state index contributed by atoms with van der Waals surface area (Å²) in [5.74, 6) is 0. The van der Waals surface area contributed by atoms with Crippen molar-refractivity contribution >= 4 is 11.8 Å². The molecule has 0 aliphatic heterocycles. The van der Waals surface area contributed by atoms with Gasteiger partial charge in [-0.1, -0.05) is 31.2 Å². The normalized spacial score (nSPS) is 16.8. The molecule has 2 nitrogen and oxygen atoms in total. The fourth-order valence-electron chi connectivity index (χ4n) is 1.68. The van der Waals surface area contributed by atoms with Gasteiger partial charge in [0, 0.05) is 16.5 Å². The molecule has 0 aliphatic rings. The van der Waals surface area contributed by atoms with Gasteiger partial charge in [-0.3, -0.25) is 0 Å². The third-order valence-electron chi connectivity index (χ3n) is 2.61. The van der Waals surface area contributed by atoms with Crippen molar-refractivity contribution < 1.29 is 5.11 Å². The van der Waals surface area contributed by atoms with Crippen LogP contribution in [0.1, 0.15) is 30.2 Å². The molecule has 3 unspecified atom stereocenters. The number of hydrogen-bond donors (Lipinski definition) is 2. The molecule has 0 amide bonds. The molecular weight excluding hydrogens is 218 g/mol. The Morgan fingerprint density at radius 3 is 2.44 bits per heavy atom. The van der Waals surface area contributed by atoms with Gasteiger partial charge in [0.15, 0.2) is 0 Å². The fourth-order valence-corrected chi connectivity index (χ4v) is 2.93. The number of thioether (sulfide) groups is 1. The summed E-state index contributed by atoms with van der Waals surface area (Å²) in [6, 6.07) is 8.40. The lowest BCUT2D eigenvalue weighted by Crippen LogP contribution is -2.25. The van der Waals surface area contributed by atoms with Crippen molar-refractivity contribution in [3.05, 3.63) is 35.4 Å². The molecule has 0 spiro atoms. The Hall–Kier alpha value is -0.510. The lowest BCUT2D eigenvalue weighted by molar-refractivity contribution is 0.299. The van der Waals surface area contributed by atoms with Crippen LogP contribution in [0.15, 0.2) is 24.3 Å². The van der Waals surface area contributed by atoms with E-state index in [9.17, 15) is 0 Å². The molecule has 0 saturated heterocycles. The van der Waals surface area contributed by atoms with E-state index in [-0.39, 0.29) is 23.1 Å². The standard InChI is InChI=1S/C13H21NOS/c1-9-6-4-5-7-12(9)13(11(3)14)16-10(2)8-15/h4-7,10-11,13,15H,8,14H2,1-3H3. The first-order valence-electron chi connectivity index (χ1n) is 5.63. The monoisotopic (exact) mass is 239 g/mol. The van der Waals surface area contributed by atoms with Crippen LogP contribution in [-0.4, -0.2) is 23.0 Å². The van der Waals surface area contributed by atoms with E-state index < -0.39 is 0 Å². The minimum Gasteiger partial charge on any atom is -0.395 e. The highest BCUT2D eigenvalue weighted by atomic mass is 32.2. The summed E-state index contributed by atoms with van der Waals surface area (Å²) in [6.45, 7) is 6.35. The lowest BCUT2D eigenvalue weighted by atomic mass is 10.0. The third kappa shape index (κ3) is 3.51. The van der Waals surface area contributed by atoms with Gasteiger partial charge in [-0.15, -0.1) is 11.8 Å². The minimum absolute atomic E-state index is 0.0834. The highest BCUT2D eigenvalue weighted by molar-refractivity contribution is 8.00. The van der Waals surface area contributed by atoms with E-state index in [0.29, 0.717) is 0 Å². The molecule has 90 valence electrons. The van der Waals surface area contributed by atoms with E-state index in [4.69, 9.17) is 10.8 Å². The number of aliphatic hydroxyl groups is 1. The first-order valence-corrected chi connectivity index (χ1v) is 6.58. The van der Waals surface area contributed by atoms with Gasteiger partial charge in [-0.25, -0.2) is 0 Å². The Bertz CT molecular complexity index is 327. The van der Waals surface area contributed by atoms with E-state index in [2.05, 4.69) is 19.1 Å². The third-order valence-corrected chi connectivity index (χ3v) is 4.20. The van der Waals surface area contributed by atoms with Crippen LogP contribution in [0.3, 0.4) is 0 Å². The number of rotatable bonds is 5. The van der Waals surface area contributed by atoms with Gasteiger partial charge in [0.2, 0.25) is 0 Å². The Morgan fingerprint density at radius 2 is 1.94 bits per heavy atom. The second kappa shape index (κ2) is 6.28. The maximum atomic E-state index is 9.12. The summed E-state index contributed by atoms with van der Waals surface area (Å²) in [6.07, 6.45) is 0. The fraction of sp³-hybridized carbons (Fsp3) is 0.538. The molecule has 3 atom stereocenters. The van der Waals surface area contributed by atoms with Crippen molar-refractivity contribution in [3.8, 4) is 0 Å². The summed E-state index contributed by atoms with van der Waals surface area (Å²) >= 11 is 1.75. The van der Waals surface area contributed by atoms with Crippen molar-refractivity contribution in [1.82, 2.24) is 0 Å². The van der Waals surface area contributed by atoms with Crippen LogP contribution < -0.4 is 5.73 Å². The van der Waals surface area contributed by atoms with Crippen LogP contribution in [0.2, 0.25) is 0 Å². The van der Waals surface area contributed by atoms with Crippen LogP contribution in [0.4, 0.5) is 0 Å². The molecule has 0 radical (unpaired) electrons. The summed E-state index contributed by atoms with van der Waals surface area (Å²) in [5, 5.41) is 9.59. The zero-order valence-corrected chi connectivity index (χ0v) is 11.0. The molecule has 3 heteroatoms. The van der Waals surface area contributed by atoms with E-state index in [1.54, 1.807) is 11.8 Å². The van der Waals surface area contributed by atoms with Gasteiger partial charge in [0.05, 0.1) is 6.61 Å². The van der Waals surface area contributed by atoms with Crippen molar-refractivity contribution in [2.24, 2.45) is 5.73 Å². The molecule has 16 heavy (non-hydrogen) atoms. The molecule has 1 rings (SSSR count). The summed E-state index contributed by atoms with van der Waals surface area (Å²) in [5.41, 5.74) is 8.58. The van der Waals surface area contributed by atoms with Gasteiger partial charge < -0.3 is 10.8 Å². The predicted molar refractivity (Wildman–Crippen MR) is 71.7 cm³/mol. The van der Waals surface area contributed by atoms with Gasteiger partial charge >= 0.3 is 0 Å². The molecule has 0 bridgehead atoms. The van der Waals surface area contributed by atoms with Crippen molar-refractivity contribution in [2.45, 2.75) is 37.3 Å². The smallest absolute Gasteiger partial charge is 0.0547 e. The quantitative estimate of drug-likeness (QED) is 0.830. The Balaban J connectivity index is 2.90. The summed E-state index contributed by atoms with van der Waals surface area (Å²) in [4.78, 5) is 0. The van der Waals surface area contributed by atoms with Gasteiger partial charge in [0.1, 0.15) is 0 Å². The second-order valence-corrected chi connectivity index (χ2v) is 5.85. The van der Waals surface area contributed by atoms with Crippen LogP contribution >= 0.6 is 11.8 Å². The number of nitrogens with two attached hydrogens (primary N) is 1. The van der Waals surface area contributed by atoms with Crippen LogP contribution in [0, 0.1) is 6.92 Å². The second-order valence-electron chi connectivity index (χ2n) is 4.27. The Labute approximate surface area is 102 Å². The highest BCUT2D eigenvalue weighted by Crippen LogP contribution is 2.35. The largest absolute Gasteiger partial charge is 0.395 e. The van der Waals surface area contributed by atoms with E-state index in [1.807, 2.05) is 26.0 Å². The highest BCUT2D eigenvalue weighted by Gasteiger charge is 2.20. The van der Waals surface area contributed by atoms with Crippen molar-refractivity contribution in [2.75, 3.05) is 6.61 Å². The van der Waals surface area contributed by atoms with Crippen molar-refractivity contribution in [1.29, 1.82) is 0 Å². The average molecular weight is 239 g/mol. The topological polar surface area (TPSA) is 46.2 Å². The maximum absolute atomic E-state index is 9.12. The van der Waals surface area contributed by atoms with Crippen LogP contribution in [0.25, 0.3) is 0 Å². The van der Waals surface area contributed by atoms with Gasteiger partial charge in [-0.05, 0) is 25.0 Å². The molecule has 0 fully saturated rings. The Morgan fingerprint density at radius 1 is 1.31 bits per heavy atom. The zero-order chi connectivity index (χ0) is 12.1. The lowest BCUT2D eigenvalue weighted by Gasteiger charge is -2.25. The van der Waals surface area contributed by atoms with Gasteiger partial charge in [-0.2, -0.15) is 0 Å². The number of hydrogen-bond acceptors (Lipinski definition) is 3. The van der Waals surface area contributed by atoms with E-state index in [0.717, 1.165) is 0 Å². The predicted octanol–water partition coefficient (Wildman–Crippen LogP) is 2.50. The molecule has 0 saturated carbocycles.